The Kier molecular flexibility index (Phi) is 3.54. The zero-order valence-corrected chi connectivity index (χ0v) is 14.0. The van der Waals surface area contributed by atoms with Crippen LogP contribution in [0.3, 0.4) is 0 Å². The first-order chi connectivity index (χ1) is 9.22. The van der Waals surface area contributed by atoms with Crippen molar-refractivity contribution in [3.05, 3.63) is 22.8 Å². The van der Waals surface area contributed by atoms with Gasteiger partial charge in [-0.15, -0.1) is 12.4 Å². The van der Waals surface area contributed by atoms with Gasteiger partial charge in [0.25, 0.3) is 0 Å². The van der Waals surface area contributed by atoms with E-state index in [4.69, 9.17) is 10.5 Å². The normalized spacial score (nSPS) is 28.3. The number of rotatable bonds is 1. The van der Waals surface area contributed by atoms with Crippen molar-refractivity contribution in [2.75, 3.05) is 11.9 Å². The molecule has 0 aromatic heterocycles. The quantitative estimate of drug-likeness (QED) is 0.838. The van der Waals surface area contributed by atoms with Gasteiger partial charge in [0.2, 0.25) is 5.91 Å². The van der Waals surface area contributed by atoms with Crippen molar-refractivity contribution in [2.24, 2.45) is 5.73 Å². The van der Waals surface area contributed by atoms with Gasteiger partial charge >= 0.3 is 0 Å². The van der Waals surface area contributed by atoms with Gasteiger partial charge in [-0.05, 0) is 39.3 Å². The molecule has 2 aliphatic heterocycles. The van der Waals surface area contributed by atoms with E-state index in [1.165, 1.54) is 5.56 Å². The Labute approximate surface area is 131 Å². The van der Waals surface area contributed by atoms with Crippen LogP contribution in [0.1, 0.15) is 50.3 Å². The summed E-state index contributed by atoms with van der Waals surface area (Å²) < 4.78 is 6.22. The highest BCUT2D eigenvalue weighted by Crippen LogP contribution is 2.54. The molecule has 2 atom stereocenters. The molecule has 5 heteroatoms. The van der Waals surface area contributed by atoms with Gasteiger partial charge in [-0.1, -0.05) is 6.92 Å². The van der Waals surface area contributed by atoms with Crippen LogP contribution in [-0.2, 0) is 10.2 Å². The first kappa shape index (κ1) is 16.1. The van der Waals surface area contributed by atoms with Crippen LogP contribution in [0.4, 0.5) is 5.69 Å². The Morgan fingerprint density at radius 2 is 2.00 bits per heavy atom. The molecule has 1 amide bonds. The van der Waals surface area contributed by atoms with E-state index in [0.29, 0.717) is 6.54 Å². The van der Waals surface area contributed by atoms with Gasteiger partial charge in [0.15, 0.2) is 0 Å². The van der Waals surface area contributed by atoms with Crippen LogP contribution in [0.15, 0.2) is 6.07 Å². The topological polar surface area (TPSA) is 64.3 Å². The predicted molar refractivity (Wildman–Crippen MR) is 86.6 cm³/mol. The van der Waals surface area contributed by atoms with Crippen molar-refractivity contribution in [2.45, 2.75) is 51.6 Å². The molecule has 3 rings (SSSR count). The molecule has 2 heterocycles. The van der Waals surface area contributed by atoms with Gasteiger partial charge in [0, 0.05) is 23.6 Å². The Bertz CT molecular complexity index is 627. The summed E-state index contributed by atoms with van der Waals surface area (Å²) in [6, 6.07) is 2.13. The molecule has 0 bridgehead atoms. The lowest BCUT2D eigenvalue weighted by Gasteiger charge is -2.27. The maximum Gasteiger partial charge on any atom is 0.234 e. The van der Waals surface area contributed by atoms with Crippen LogP contribution in [0.2, 0.25) is 0 Å². The van der Waals surface area contributed by atoms with Gasteiger partial charge in [0.05, 0.1) is 11.1 Å². The molecule has 0 aliphatic carbocycles. The second-order valence-corrected chi connectivity index (χ2v) is 6.78. The summed E-state index contributed by atoms with van der Waals surface area (Å²) in [5.74, 6) is 1.11. The van der Waals surface area contributed by atoms with Crippen molar-refractivity contribution in [1.82, 2.24) is 0 Å². The molecule has 0 saturated carbocycles. The number of carbonyl (C=O) groups excluding carboxylic acids is 1. The molecule has 1 aromatic rings. The highest BCUT2D eigenvalue weighted by molar-refractivity contribution is 6.07. The minimum atomic E-state index is -0.564. The van der Waals surface area contributed by atoms with E-state index in [1.54, 1.807) is 0 Å². The minimum absolute atomic E-state index is 0. The Morgan fingerprint density at radius 1 is 1.38 bits per heavy atom. The largest absolute Gasteiger partial charge is 0.485 e. The molecule has 0 spiro atoms. The SMILES string of the molecule is Cc1cc2c(c3c1NC(=O)C3(C)C)OC(C)(CN)C2C.Cl. The second-order valence-electron chi connectivity index (χ2n) is 6.78. The molecule has 116 valence electrons. The summed E-state index contributed by atoms with van der Waals surface area (Å²) in [6.07, 6.45) is 0. The fourth-order valence-electron chi connectivity index (χ4n) is 3.27. The lowest BCUT2D eigenvalue weighted by molar-refractivity contribution is -0.119. The average Bonchev–Trinajstić information content (AvgIpc) is 2.77. The summed E-state index contributed by atoms with van der Waals surface area (Å²) in [5.41, 5.74) is 9.10. The van der Waals surface area contributed by atoms with Gasteiger partial charge in [-0.3, -0.25) is 4.79 Å². The lowest BCUT2D eigenvalue weighted by atomic mass is 9.81. The monoisotopic (exact) mass is 310 g/mol. The standard InChI is InChI=1S/C16H22N2O2.ClH/c1-8-6-10-9(2)16(5,7-17)20-13(10)11-12(8)18-14(19)15(11,3)4;/h6,9H,7,17H2,1-5H3,(H,18,19);1H. The number of hydrogen-bond acceptors (Lipinski definition) is 3. The van der Waals surface area contributed by atoms with Crippen LogP contribution in [0, 0.1) is 6.92 Å². The summed E-state index contributed by atoms with van der Waals surface area (Å²) in [5, 5.41) is 3.00. The molecule has 3 N–H and O–H groups in total. The third-order valence-corrected chi connectivity index (χ3v) is 5.06. The van der Waals surface area contributed by atoms with E-state index in [0.717, 1.165) is 22.6 Å². The first-order valence-corrected chi connectivity index (χ1v) is 7.11. The van der Waals surface area contributed by atoms with Gasteiger partial charge in [-0.25, -0.2) is 0 Å². The van der Waals surface area contributed by atoms with E-state index < -0.39 is 11.0 Å². The van der Waals surface area contributed by atoms with Gasteiger partial charge in [-0.2, -0.15) is 0 Å². The van der Waals surface area contributed by atoms with Crippen molar-refractivity contribution in [3.8, 4) is 5.75 Å². The summed E-state index contributed by atoms with van der Waals surface area (Å²) >= 11 is 0. The third-order valence-electron chi connectivity index (χ3n) is 5.06. The number of aryl methyl sites for hydroxylation is 1. The maximum atomic E-state index is 12.2. The molecular weight excluding hydrogens is 288 g/mol. The van der Waals surface area contributed by atoms with Crippen LogP contribution in [-0.4, -0.2) is 18.1 Å². The van der Waals surface area contributed by atoms with Crippen LogP contribution < -0.4 is 15.8 Å². The third kappa shape index (κ3) is 1.89. The number of ether oxygens (including phenoxy) is 1. The van der Waals surface area contributed by atoms with E-state index in [-0.39, 0.29) is 24.2 Å². The smallest absolute Gasteiger partial charge is 0.234 e. The van der Waals surface area contributed by atoms with E-state index in [1.807, 2.05) is 27.7 Å². The molecule has 2 aliphatic rings. The number of amides is 1. The molecule has 2 unspecified atom stereocenters. The van der Waals surface area contributed by atoms with Crippen molar-refractivity contribution in [3.63, 3.8) is 0 Å². The number of fused-ring (bicyclic) bond motifs is 3. The predicted octanol–water partition coefficient (Wildman–Crippen LogP) is 2.86. The molecular formula is C16H23ClN2O2. The zero-order chi connectivity index (χ0) is 14.9. The number of hydrogen-bond donors (Lipinski definition) is 2. The first-order valence-electron chi connectivity index (χ1n) is 7.11. The average molecular weight is 311 g/mol. The van der Waals surface area contributed by atoms with Crippen molar-refractivity contribution in [1.29, 1.82) is 0 Å². The number of nitrogens with two attached hydrogens (primary N) is 1. The number of carbonyl (C=O) groups is 1. The molecule has 1 aromatic carbocycles. The Hall–Kier alpha value is -1.26. The fraction of sp³-hybridized carbons (Fsp3) is 0.562. The summed E-state index contributed by atoms with van der Waals surface area (Å²) in [7, 11) is 0. The van der Waals surface area contributed by atoms with Crippen LogP contribution in [0.25, 0.3) is 0 Å². The summed E-state index contributed by atoms with van der Waals surface area (Å²) in [6.45, 7) is 10.6. The molecule has 21 heavy (non-hydrogen) atoms. The fourth-order valence-corrected chi connectivity index (χ4v) is 3.27. The Balaban J connectivity index is 0.00000161. The molecule has 0 radical (unpaired) electrons. The number of benzene rings is 1. The Morgan fingerprint density at radius 3 is 2.57 bits per heavy atom. The highest BCUT2D eigenvalue weighted by Gasteiger charge is 2.49. The molecule has 0 fully saturated rings. The highest BCUT2D eigenvalue weighted by atomic mass is 35.5. The van der Waals surface area contributed by atoms with Crippen LogP contribution >= 0.6 is 12.4 Å². The van der Waals surface area contributed by atoms with E-state index in [2.05, 4.69) is 18.3 Å². The van der Waals surface area contributed by atoms with Crippen molar-refractivity contribution < 1.29 is 9.53 Å². The van der Waals surface area contributed by atoms with E-state index in [9.17, 15) is 4.79 Å². The number of anilines is 1. The van der Waals surface area contributed by atoms with Gasteiger partial charge < -0.3 is 15.8 Å². The maximum absolute atomic E-state index is 12.2. The van der Waals surface area contributed by atoms with Crippen molar-refractivity contribution >= 4 is 24.0 Å². The number of halogens is 1. The van der Waals surface area contributed by atoms with E-state index >= 15 is 0 Å². The summed E-state index contributed by atoms with van der Waals surface area (Å²) in [4.78, 5) is 12.2. The molecule has 0 saturated heterocycles. The van der Waals surface area contributed by atoms with Crippen LogP contribution in [0.5, 0.6) is 5.75 Å². The zero-order valence-electron chi connectivity index (χ0n) is 13.2. The molecule has 4 nitrogen and oxygen atoms in total. The van der Waals surface area contributed by atoms with Gasteiger partial charge in [0.1, 0.15) is 11.4 Å². The second kappa shape index (κ2) is 4.62. The lowest BCUT2D eigenvalue weighted by Crippen LogP contribution is -2.41. The minimum Gasteiger partial charge on any atom is -0.485 e. The number of nitrogens with one attached hydrogen (secondary N) is 1.